The van der Waals surface area contributed by atoms with Crippen molar-refractivity contribution in [2.45, 2.75) is 32.2 Å². The molecular formula is C15H21N3O2. The Kier molecular flexibility index (Phi) is 3.70. The fraction of sp³-hybridized carbons (Fsp3) is 0.667. The average Bonchev–Trinajstić information content (AvgIpc) is 3.01. The highest BCUT2D eigenvalue weighted by Crippen LogP contribution is 2.48. The van der Waals surface area contributed by atoms with Crippen LogP contribution in [-0.2, 0) is 6.54 Å². The molecule has 1 N–H and O–H groups in total. The summed E-state index contributed by atoms with van der Waals surface area (Å²) in [6, 6.07) is 0. The van der Waals surface area contributed by atoms with E-state index in [0.29, 0.717) is 12.2 Å². The van der Waals surface area contributed by atoms with Gasteiger partial charge in [-0.25, -0.2) is 14.8 Å². The van der Waals surface area contributed by atoms with E-state index >= 15 is 0 Å². The molecule has 0 radical (unpaired) electrons. The third-order valence-corrected chi connectivity index (χ3v) is 4.88. The van der Waals surface area contributed by atoms with Gasteiger partial charge in [-0.05, 0) is 44.1 Å². The predicted molar refractivity (Wildman–Crippen MR) is 74.3 cm³/mol. The maximum Gasteiger partial charge on any atom is 0.339 e. The summed E-state index contributed by atoms with van der Waals surface area (Å²) in [6.45, 7) is 1.63. The smallest absolute Gasteiger partial charge is 0.339 e. The molecule has 2 aliphatic rings. The number of hydrogen-bond donors (Lipinski definition) is 1. The zero-order valence-corrected chi connectivity index (χ0v) is 11.8. The minimum Gasteiger partial charge on any atom is -0.478 e. The first-order chi connectivity index (χ1) is 9.63. The summed E-state index contributed by atoms with van der Waals surface area (Å²) in [4.78, 5) is 21.3. The fourth-order valence-electron chi connectivity index (χ4n) is 3.98. The van der Waals surface area contributed by atoms with Crippen LogP contribution in [-0.4, -0.2) is 39.5 Å². The van der Waals surface area contributed by atoms with Crippen molar-refractivity contribution in [2.75, 3.05) is 13.6 Å². The van der Waals surface area contributed by atoms with Crippen LogP contribution in [0.1, 0.15) is 41.7 Å². The number of nitrogens with zero attached hydrogens (tertiary/aromatic N) is 3. The molecule has 2 aliphatic carbocycles. The Bertz CT molecular complexity index is 506. The van der Waals surface area contributed by atoms with Crippen LogP contribution < -0.4 is 0 Å². The first kappa shape index (κ1) is 13.5. The molecule has 2 fully saturated rings. The fourth-order valence-corrected chi connectivity index (χ4v) is 3.98. The topological polar surface area (TPSA) is 66.3 Å². The molecule has 2 saturated carbocycles. The second kappa shape index (κ2) is 5.48. The lowest BCUT2D eigenvalue weighted by Gasteiger charge is -2.27. The lowest BCUT2D eigenvalue weighted by Crippen LogP contribution is -2.29. The summed E-state index contributed by atoms with van der Waals surface area (Å²) in [6.07, 6.45) is 8.37. The maximum absolute atomic E-state index is 11.2. The molecule has 0 aromatic carbocycles. The summed E-state index contributed by atoms with van der Waals surface area (Å²) < 4.78 is 0. The van der Waals surface area contributed by atoms with Gasteiger partial charge in [-0.1, -0.05) is 6.42 Å². The quantitative estimate of drug-likeness (QED) is 0.890. The van der Waals surface area contributed by atoms with Crippen molar-refractivity contribution >= 4 is 5.97 Å². The standard InChI is InChI=1S/C15H21N3O2/c1-18(7-12-5-10-2-3-11(12)4-10)8-14-13(15(19)20)6-16-9-17-14/h6,9-12H,2-5,7-8H2,1H3,(H,19,20). The molecule has 0 aliphatic heterocycles. The van der Waals surface area contributed by atoms with Crippen molar-refractivity contribution in [1.82, 2.24) is 14.9 Å². The van der Waals surface area contributed by atoms with E-state index < -0.39 is 5.97 Å². The molecule has 3 rings (SSSR count). The normalized spacial score (nSPS) is 28.2. The van der Waals surface area contributed by atoms with E-state index in [1.54, 1.807) is 0 Å². The van der Waals surface area contributed by atoms with Gasteiger partial charge in [-0.15, -0.1) is 0 Å². The van der Waals surface area contributed by atoms with Crippen molar-refractivity contribution in [1.29, 1.82) is 0 Å². The van der Waals surface area contributed by atoms with Gasteiger partial charge in [0.05, 0.1) is 5.69 Å². The molecule has 1 heterocycles. The highest BCUT2D eigenvalue weighted by Gasteiger charge is 2.39. The SMILES string of the molecule is CN(Cc1ncncc1C(=O)O)CC1CC2CCC1C2. The van der Waals surface area contributed by atoms with E-state index in [9.17, 15) is 4.79 Å². The Balaban J connectivity index is 1.61. The second-order valence-corrected chi connectivity index (χ2v) is 6.32. The Morgan fingerprint density at radius 3 is 2.95 bits per heavy atom. The molecule has 0 spiro atoms. The van der Waals surface area contributed by atoms with Gasteiger partial charge in [0.1, 0.15) is 11.9 Å². The molecule has 5 nitrogen and oxygen atoms in total. The number of aromatic carboxylic acids is 1. The zero-order valence-electron chi connectivity index (χ0n) is 11.8. The van der Waals surface area contributed by atoms with E-state index in [4.69, 9.17) is 5.11 Å². The molecule has 5 heteroatoms. The minimum atomic E-state index is -0.950. The molecule has 108 valence electrons. The van der Waals surface area contributed by atoms with Gasteiger partial charge >= 0.3 is 5.97 Å². The Morgan fingerprint density at radius 1 is 1.45 bits per heavy atom. The summed E-state index contributed by atoms with van der Waals surface area (Å²) in [5.41, 5.74) is 0.824. The molecule has 1 aromatic rings. The Labute approximate surface area is 119 Å². The van der Waals surface area contributed by atoms with Gasteiger partial charge in [0.15, 0.2) is 0 Å². The third kappa shape index (κ3) is 2.68. The van der Waals surface area contributed by atoms with Crippen LogP contribution >= 0.6 is 0 Å². The lowest BCUT2D eigenvalue weighted by atomic mass is 9.88. The predicted octanol–water partition coefficient (Wildman–Crippen LogP) is 2.04. The molecular weight excluding hydrogens is 254 g/mol. The second-order valence-electron chi connectivity index (χ2n) is 6.32. The van der Waals surface area contributed by atoms with Crippen molar-refractivity contribution in [3.63, 3.8) is 0 Å². The van der Waals surface area contributed by atoms with Gasteiger partial charge in [-0.3, -0.25) is 0 Å². The van der Waals surface area contributed by atoms with Crippen molar-refractivity contribution in [2.24, 2.45) is 17.8 Å². The molecule has 0 saturated heterocycles. The summed E-state index contributed by atoms with van der Waals surface area (Å²) in [5.74, 6) is 1.68. The number of carboxylic acid groups (broad SMARTS) is 1. The van der Waals surface area contributed by atoms with Crippen LogP contribution in [0.3, 0.4) is 0 Å². The molecule has 3 atom stereocenters. The average molecular weight is 275 g/mol. The number of carbonyl (C=O) groups is 1. The number of fused-ring (bicyclic) bond motifs is 2. The largest absolute Gasteiger partial charge is 0.478 e. The Morgan fingerprint density at radius 2 is 2.30 bits per heavy atom. The minimum absolute atomic E-state index is 0.215. The first-order valence-electron chi connectivity index (χ1n) is 7.34. The van der Waals surface area contributed by atoms with E-state index in [1.807, 2.05) is 0 Å². The van der Waals surface area contributed by atoms with Crippen LogP contribution in [0, 0.1) is 17.8 Å². The van der Waals surface area contributed by atoms with Gasteiger partial charge < -0.3 is 10.0 Å². The first-order valence-corrected chi connectivity index (χ1v) is 7.34. The summed E-state index contributed by atoms with van der Waals surface area (Å²) in [7, 11) is 2.06. The van der Waals surface area contributed by atoms with Crippen LogP contribution in [0.25, 0.3) is 0 Å². The van der Waals surface area contributed by atoms with Crippen LogP contribution in [0.15, 0.2) is 12.5 Å². The van der Waals surface area contributed by atoms with Gasteiger partial charge in [0, 0.05) is 19.3 Å². The summed E-state index contributed by atoms with van der Waals surface area (Å²) >= 11 is 0. The van der Waals surface area contributed by atoms with Gasteiger partial charge in [0.2, 0.25) is 0 Å². The van der Waals surface area contributed by atoms with E-state index in [0.717, 1.165) is 24.3 Å². The van der Waals surface area contributed by atoms with Crippen LogP contribution in [0.5, 0.6) is 0 Å². The van der Waals surface area contributed by atoms with Crippen molar-refractivity contribution in [3.8, 4) is 0 Å². The van der Waals surface area contributed by atoms with Crippen LogP contribution in [0.4, 0.5) is 0 Å². The van der Waals surface area contributed by atoms with Crippen molar-refractivity contribution in [3.05, 3.63) is 23.8 Å². The van der Waals surface area contributed by atoms with Gasteiger partial charge in [0.25, 0.3) is 0 Å². The zero-order chi connectivity index (χ0) is 14.1. The number of rotatable bonds is 5. The Hall–Kier alpha value is -1.49. The molecule has 20 heavy (non-hydrogen) atoms. The molecule has 1 aromatic heterocycles. The highest BCUT2D eigenvalue weighted by molar-refractivity contribution is 5.88. The van der Waals surface area contributed by atoms with Crippen molar-refractivity contribution < 1.29 is 9.90 Å². The lowest BCUT2D eigenvalue weighted by molar-refractivity contribution is 0.0693. The molecule has 0 amide bonds. The number of aromatic nitrogens is 2. The van der Waals surface area contributed by atoms with Gasteiger partial charge in [-0.2, -0.15) is 0 Å². The number of carboxylic acids is 1. The summed E-state index contributed by atoms with van der Waals surface area (Å²) in [5, 5.41) is 9.15. The van der Waals surface area contributed by atoms with E-state index in [-0.39, 0.29) is 5.56 Å². The maximum atomic E-state index is 11.2. The molecule has 2 bridgehead atoms. The number of hydrogen-bond acceptors (Lipinski definition) is 4. The molecule has 3 unspecified atom stereocenters. The van der Waals surface area contributed by atoms with E-state index in [2.05, 4.69) is 21.9 Å². The third-order valence-electron chi connectivity index (χ3n) is 4.88. The monoisotopic (exact) mass is 275 g/mol. The van der Waals surface area contributed by atoms with Crippen LogP contribution in [0.2, 0.25) is 0 Å². The van der Waals surface area contributed by atoms with E-state index in [1.165, 1.54) is 38.2 Å². The highest BCUT2D eigenvalue weighted by atomic mass is 16.4.